The summed E-state index contributed by atoms with van der Waals surface area (Å²) in [6.07, 6.45) is 1.04. The Kier molecular flexibility index (Phi) is 7.25. The van der Waals surface area contributed by atoms with Gasteiger partial charge in [0.15, 0.2) is 0 Å². The van der Waals surface area contributed by atoms with Crippen LogP contribution in [0.15, 0.2) is 30.0 Å². The highest BCUT2D eigenvalue weighted by Crippen LogP contribution is 2.29. The number of imide groups is 2. The SMILES string of the molecule is CCC(=O)NC(=O)NC(=O)C(C#N)=CNc1ccc([N+](=O)[O-])cc1OC. The number of anilines is 1. The van der Waals surface area contributed by atoms with Crippen LogP contribution in [-0.2, 0) is 9.59 Å². The Balaban J connectivity index is 2.89. The van der Waals surface area contributed by atoms with Crippen LogP contribution in [0, 0.1) is 21.4 Å². The minimum absolute atomic E-state index is 0.0457. The topological polar surface area (TPSA) is 163 Å². The summed E-state index contributed by atoms with van der Waals surface area (Å²) in [6.45, 7) is 1.52. The molecule has 0 aliphatic rings. The summed E-state index contributed by atoms with van der Waals surface area (Å²) >= 11 is 0. The number of hydrogen-bond acceptors (Lipinski definition) is 8. The normalized spacial score (nSPS) is 10.3. The van der Waals surface area contributed by atoms with E-state index in [1.807, 2.05) is 10.6 Å². The molecule has 0 aliphatic heterocycles. The molecule has 26 heavy (non-hydrogen) atoms. The van der Waals surface area contributed by atoms with Crippen molar-refractivity contribution >= 4 is 29.2 Å². The maximum atomic E-state index is 11.8. The molecular weight excluding hydrogens is 346 g/mol. The number of hydrogen-bond donors (Lipinski definition) is 3. The summed E-state index contributed by atoms with van der Waals surface area (Å²) in [4.78, 5) is 44.5. The van der Waals surface area contributed by atoms with Gasteiger partial charge in [-0.2, -0.15) is 5.26 Å². The van der Waals surface area contributed by atoms with Crippen LogP contribution in [0.4, 0.5) is 16.2 Å². The van der Waals surface area contributed by atoms with Crippen LogP contribution in [-0.4, -0.2) is 29.9 Å². The molecule has 136 valence electrons. The highest BCUT2D eigenvalue weighted by molar-refractivity contribution is 6.09. The Bertz CT molecular complexity index is 811. The summed E-state index contributed by atoms with van der Waals surface area (Å²) in [5.74, 6) is -1.52. The van der Waals surface area contributed by atoms with E-state index in [0.717, 1.165) is 12.3 Å². The Morgan fingerprint density at radius 2 is 2.04 bits per heavy atom. The lowest BCUT2D eigenvalue weighted by atomic mass is 10.2. The van der Waals surface area contributed by atoms with Crippen molar-refractivity contribution < 1.29 is 24.0 Å². The minimum atomic E-state index is -1.06. The van der Waals surface area contributed by atoms with Crippen molar-refractivity contribution in [2.75, 3.05) is 12.4 Å². The Hall–Kier alpha value is -3.94. The Morgan fingerprint density at radius 3 is 2.58 bits per heavy atom. The second-order valence-corrected chi connectivity index (χ2v) is 4.64. The molecule has 0 saturated carbocycles. The van der Waals surface area contributed by atoms with E-state index in [9.17, 15) is 24.5 Å². The van der Waals surface area contributed by atoms with Gasteiger partial charge in [0.25, 0.3) is 11.6 Å². The highest BCUT2D eigenvalue weighted by atomic mass is 16.6. The number of benzene rings is 1. The van der Waals surface area contributed by atoms with Gasteiger partial charge in [-0.15, -0.1) is 0 Å². The van der Waals surface area contributed by atoms with E-state index < -0.39 is 28.3 Å². The van der Waals surface area contributed by atoms with Gasteiger partial charge in [0.05, 0.1) is 23.8 Å². The van der Waals surface area contributed by atoms with E-state index in [0.29, 0.717) is 0 Å². The van der Waals surface area contributed by atoms with Crippen molar-refractivity contribution in [3.8, 4) is 11.8 Å². The zero-order chi connectivity index (χ0) is 19.7. The number of nitrogens with zero attached hydrogens (tertiary/aromatic N) is 2. The van der Waals surface area contributed by atoms with E-state index in [-0.39, 0.29) is 23.5 Å². The largest absolute Gasteiger partial charge is 0.494 e. The molecule has 1 rings (SSSR count). The van der Waals surface area contributed by atoms with Gasteiger partial charge >= 0.3 is 6.03 Å². The zero-order valence-electron chi connectivity index (χ0n) is 13.9. The molecule has 0 saturated heterocycles. The number of carbonyl (C=O) groups is 3. The van der Waals surface area contributed by atoms with Crippen LogP contribution >= 0.6 is 0 Å². The third-order valence-electron chi connectivity index (χ3n) is 2.93. The van der Waals surface area contributed by atoms with Crippen molar-refractivity contribution in [2.24, 2.45) is 0 Å². The minimum Gasteiger partial charge on any atom is -0.494 e. The molecule has 0 unspecified atom stereocenters. The van der Waals surface area contributed by atoms with Gasteiger partial charge in [0, 0.05) is 18.7 Å². The number of nitriles is 1. The molecule has 0 radical (unpaired) electrons. The maximum absolute atomic E-state index is 11.8. The van der Waals surface area contributed by atoms with Crippen molar-refractivity contribution in [3.05, 3.63) is 40.1 Å². The average Bonchev–Trinajstić information content (AvgIpc) is 2.61. The lowest BCUT2D eigenvalue weighted by Crippen LogP contribution is -2.42. The smallest absolute Gasteiger partial charge is 0.328 e. The monoisotopic (exact) mass is 361 g/mol. The fraction of sp³-hybridized carbons (Fsp3) is 0.200. The van der Waals surface area contributed by atoms with E-state index in [2.05, 4.69) is 5.32 Å². The van der Waals surface area contributed by atoms with Crippen LogP contribution in [0.1, 0.15) is 13.3 Å². The fourth-order valence-corrected chi connectivity index (χ4v) is 1.63. The molecule has 11 nitrogen and oxygen atoms in total. The number of non-ortho nitro benzene ring substituents is 1. The molecular formula is C15H15N5O6. The van der Waals surface area contributed by atoms with E-state index >= 15 is 0 Å². The molecule has 4 amide bonds. The lowest BCUT2D eigenvalue weighted by Gasteiger charge is -2.08. The zero-order valence-corrected chi connectivity index (χ0v) is 13.9. The first kappa shape index (κ1) is 20.1. The third-order valence-corrected chi connectivity index (χ3v) is 2.93. The van der Waals surface area contributed by atoms with Gasteiger partial charge in [-0.05, 0) is 6.07 Å². The first-order valence-electron chi connectivity index (χ1n) is 7.16. The second-order valence-electron chi connectivity index (χ2n) is 4.64. The first-order valence-corrected chi connectivity index (χ1v) is 7.16. The van der Waals surface area contributed by atoms with E-state index in [4.69, 9.17) is 10.00 Å². The summed E-state index contributed by atoms with van der Waals surface area (Å²) in [7, 11) is 1.29. The van der Waals surface area contributed by atoms with Crippen LogP contribution in [0.25, 0.3) is 0 Å². The molecule has 0 aromatic heterocycles. The average molecular weight is 361 g/mol. The van der Waals surface area contributed by atoms with E-state index in [1.54, 1.807) is 6.07 Å². The van der Waals surface area contributed by atoms with Gasteiger partial charge in [0.1, 0.15) is 17.4 Å². The molecule has 0 aliphatic carbocycles. The molecule has 11 heteroatoms. The molecule has 1 aromatic carbocycles. The van der Waals surface area contributed by atoms with Crippen LogP contribution in [0.3, 0.4) is 0 Å². The number of rotatable bonds is 6. The molecule has 1 aromatic rings. The summed E-state index contributed by atoms with van der Waals surface area (Å²) in [5.41, 5.74) is -0.416. The molecule has 0 fully saturated rings. The van der Waals surface area contributed by atoms with Gasteiger partial charge in [-0.3, -0.25) is 30.3 Å². The van der Waals surface area contributed by atoms with Crippen LogP contribution in [0.2, 0.25) is 0 Å². The quantitative estimate of drug-likeness (QED) is 0.294. The van der Waals surface area contributed by atoms with Crippen LogP contribution < -0.4 is 20.7 Å². The van der Waals surface area contributed by atoms with E-state index in [1.165, 1.54) is 26.2 Å². The van der Waals surface area contributed by atoms with Gasteiger partial charge in [0.2, 0.25) is 5.91 Å². The standard InChI is InChI=1S/C15H15N5O6/c1-3-13(21)18-15(23)19-14(22)9(7-16)8-17-11-5-4-10(20(24)25)6-12(11)26-2/h4-6,8,17H,3H2,1-2H3,(H2,18,19,21,22,23). The number of nitro groups is 1. The first-order chi connectivity index (χ1) is 12.3. The van der Waals surface area contributed by atoms with Gasteiger partial charge in [-0.25, -0.2) is 4.79 Å². The number of urea groups is 1. The summed E-state index contributed by atoms with van der Waals surface area (Å²) < 4.78 is 5.00. The Morgan fingerprint density at radius 1 is 1.35 bits per heavy atom. The summed E-state index contributed by atoms with van der Waals surface area (Å²) in [5, 5.41) is 26.1. The lowest BCUT2D eigenvalue weighted by molar-refractivity contribution is -0.384. The number of carbonyl (C=O) groups excluding carboxylic acids is 3. The fourth-order valence-electron chi connectivity index (χ4n) is 1.63. The maximum Gasteiger partial charge on any atom is 0.328 e. The molecule has 0 bridgehead atoms. The molecule has 3 N–H and O–H groups in total. The second kappa shape index (κ2) is 9.38. The van der Waals surface area contributed by atoms with Crippen molar-refractivity contribution in [3.63, 3.8) is 0 Å². The predicted molar refractivity (Wildman–Crippen MR) is 88.9 cm³/mol. The Labute approximate surface area is 147 Å². The van der Waals surface area contributed by atoms with Crippen molar-refractivity contribution in [2.45, 2.75) is 13.3 Å². The molecule has 0 atom stereocenters. The number of nitrogens with one attached hydrogen (secondary N) is 3. The van der Waals surface area contributed by atoms with Crippen molar-refractivity contribution in [1.82, 2.24) is 10.6 Å². The molecule has 0 heterocycles. The number of nitro benzene ring substituents is 1. The molecule has 0 spiro atoms. The number of methoxy groups -OCH3 is 1. The summed E-state index contributed by atoms with van der Waals surface area (Å²) in [6, 6.07) is 4.21. The predicted octanol–water partition coefficient (Wildman–Crippen LogP) is 1.19. The van der Waals surface area contributed by atoms with Crippen molar-refractivity contribution in [1.29, 1.82) is 5.26 Å². The third kappa shape index (κ3) is 5.60. The number of amides is 4. The van der Waals surface area contributed by atoms with Crippen LogP contribution in [0.5, 0.6) is 5.75 Å². The van der Waals surface area contributed by atoms with Gasteiger partial charge < -0.3 is 10.1 Å². The highest BCUT2D eigenvalue weighted by Gasteiger charge is 2.15. The van der Waals surface area contributed by atoms with Gasteiger partial charge in [-0.1, -0.05) is 6.92 Å². The number of ether oxygens (including phenoxy) is 1.